The fourth-order valence-corrected chi connectivity index (χ4v) is 3.18. The lowest BCUT2D eigenvalue weighted by atomic mass is 10.3. The van der Waals surface area contributed by atoms with Crippen LogP contribution in [-0.2, 0) is 10.8 Å². The summed E-state index contributed by atoms with van der Waals surface area (Å²) in [6, 6.07) is 0.862. The van der Waals surface area contributed by atoms with Gasteiger partial charge in [-0.05, 0) is 19.8 Å². The zero-order valence-corrected chi connectivity index (χ0v) is 11.3. The molecule has 0 amide bonds. The molecular weight excluding hydrogens is 228 g/mol. The van der Waals surface area contributed by atoms with Gasteiger partial charge in [0, 0.05) is 34.6 Å². The van der Waals surface area contributed by atoms with E-state index in [0.29, 0.717) is 12.1 Å². The number of hydrogen-bond acceptors (Lipinski definition) is 4. The highest BCUT2D eigenvalue weighted by atomic mass is 32.2. The van der Waals surface area contributed by atoms with E-state index >= 15 is 0 Å². The van der Waals surface area contributed by atoms with Gasteiger partial charge in [0.1, 0.15) is 0 Å². The summed E-state index contributed by atoms with van der Waals surface area (Å²) in [5.41, 5.74) is 0. The molecule has 0 aliphatic carbocycles. The van der Waals surface area contributed by atoms with Gasteiger partial charge >= 0.3 is 0 Å². The summed E-state index contributed by atoms with van der Waals surface area (Å²) in [5, 5.41) is 4.44. The molecular formula is C10H20N2OS2. The average molecular weight is 248 g/mol. The first kappa shape index (κ1) is 13.0. The van der Waals surface area contributed by atoms with Crippen LogP contribution in [0, 0.1) is 0 Å². The first-order chi connectivity index (χ1) is 7.11. The van der Waals surface area contributed by atoms with Gasteiger partial charge in [0.2, 0.25) is 0 Å². The summed E-state index contributed by atoms with van der Waals surface area (Å²) in [5.74, 6) is 1.87. The molecule has 3 nitrogen and oxygen atoms in total. The number of rotatable bonds is 5. The van der Waals surface area contributed by atoms with Gasteiger partial charge in [-0.25, -0.2) is 0 Å². The van der Waals surface area contributed by atoms with Crippen LogP contribution < -0.4 is 5.32 Å². The summed E-state index contributed by atoms with van der Waals surface area (Å²) >= 11 is 1.80. The van der Waals surface area contributed by atoms with E-state index in [2.05, 4.69) is 24.2 Å². The molecule has 0 bridgehead atoms. The second-order valence-electron chi connectivity index (χ2n) is 3.92. The van der Waals surface area contributed by atoms with Crippen LogP contribution in [0.3, 0.4) is 0 Å². The normalized spacial score (nSPS) is 24.7. The molecule has 88 valence electrons. The van der Waals surface area contributed by atoms with Crippen LogP contribution >= 0.6 is 11.8 Å². The van der Waals surface area contributed by atoms with Crippen molar-refractivity contribution in [2.75, 3.05) is 17.8 Å². The lowest BCUT2D eigenvalue weighted by molar-refractivity contribution is 0.634. The molecule has 1 N–H and O–H groups in total. The van der Waals surface area contributed by atoms with Crippen molar-refractivity contribution in [2.45, 2.75) is 38.8 Å². The molecule has 5 heteroatoms. The molecule has 1 rings (SSSR count). The van der Waals surface area contributed by atoms with Crippen LogP contribution in [0.1, 0.15) is 26.7 Å². The standard InChI is InChI=1S/C10H20N2OS2/c1-4-9-7-14-10(12-9)11-8(2)5-6-15(3)13/h8-9H,4-7H2,1-3H3,(H,11,12). The Labute approximate surface area is 99.0 Å². The fourth-order valence-electron chi connectivity index (χ4n) is 1.33. The van der Waals surface area contributed by atoms with Crippen LogP contribution in [0.4, 0.5) is 0 Å². The Hall–Kier alpha value is -0.0300. The number of hydrogen-bond donors (Lipinski definition) is 1. The van der Waals surface area contributed by atoms with E-state index in [4.69, 9.17) is 0 Å². The lowest BCUT2D eigenvalue weighted by Gasteiger charge is -2.13. The number of aliphatic imine (C=N–C) groups is 1. The third-order valence-electron chi connectivity index (χ3n) is 2.39. The van der Waals surface area contributed by atoms with Crippen molar-refractivity contribution < 1.29 is 4.21 Å². The van der Waals surface area contributed by atoms with Crippen molar-refractivity contribution in [1.29, 1.82) is 0 Å². The molecule has 1 aliphatic heterocycles. The minimum absolute atomic E-state index is 0.371. The van der Waals surface area contributed by atoms with E-state index in [1.165, 1.54) is 0 Å². The zero-order valence-electron chi connectivity index (χ0n) is 9.66. The van der Waals surface area contributed by atoms with Crippen molar-refractivity contribution in [2.24, 2.45) is 4.99 Å². The van der Waals surface area contributed by atoms with Gasteiger partial charge < -0.3 is 5.32 Å². The van der Waals surface area contributed by atoms with E-state index in [1.807, 2.05) is 0 Å². The van der Waals surface area contributed by atoms with Crippen LogP contribution in [-0.4, -0.2) is 39.2 Å². The minimum Gasteiger partial charge on any atom is -0.362 e. The highest BCUT2D eigenvalue weighted by Crippen LogP contribution is 2.18. The molecule has 1 aliphatic rings. The Bertz CT molecular complexity index is 256. The third kappa shape index (κ3) is 5.02. The molecule has 0 aromatic carbocycles. The summed E-state index contributed by atoms with van der Waals surface area (Å²) in [6.45, 7) is 4.29. The van der Waals surface area contributed by atoms with Crippen LogP contribution in [0.15, 0.2) is 4.99 Å². The minimum atomic E-state index is -0.685. The highest BCUT2D eigenvalue weighted by molar-refractivity contribution is 8.14. The average Bonchev–Trinajstić information content (AvgIpc) is 2.62. The molecule has 15 heavy (non-hydrogen) atoms. The van der Waals surface area contributed by atoms with Crippen LogP contribution in [0.25, 0.3) is 0 Å². The van der Waals surface area contributed by atoms with Gasteiger partial charge in [-0.1, -0.05) is 18.7 Å². The van der Waals surface area contributed by atoms with Gasteiger partial charge in [-0.3, -0.25) is 9.20 Å². The number of thioether (sulfide) groups is 1. The van der Waals surface area contributed by atoms with Crippen LogP contribution in [0.5, 0.6) is 0 Å². The number of nitrogens with zero attached hydrogens (tertiary/aromatic N) is 1. The lowest BCUT2D eigenvalue weighted by Crippen LogP contribution is -2.30. The molecule has 0 saturated heterocycles. The molecule has 0 aromatic heterocycles. The maximum absolute atomic E-state index is 10.9. The van der Waals surface area contributed by atoms with Crippen molar-refractivity contribution in [3.63, 3.8) is 0 Å². The first-order valence-corrected chi connectivity index (χ1v) is 8.10. The predicted octanol–water partition coefficient (Wildman–Crippen LogP) is 1.61. The second-order valence-corrected chi connectivity index (χ2v) is 6.48. The Kier molecular flexibility index (Phi) is 5.68. The molecule has 3 atom stereocenters. The molecule has 0 radical (unpaired) electrons. The van der Waals surface area contributed by atoms with Gasteiger partial charge in [0.05, 0.1) is 6.04 Å². The molecule has 3 unspecified atom stereocenters. The van der Waals surface area contributed by atoms with Crippen molar-refractivity contribution in [3.8, 4) is 0 Å². The summed E-state index contributed by atoms with van der Waals surface area (Å²) < 4.78 is 10.9. The molecule has 0 saturated carbocycles. The quantitative estimate of drug-likeness (QED) is 0.804. The smallest absolute Gasteiger partial charge is 0.157 e. The summed E-state index contributed by atoms with van der Waals surface area (Å²) in [6.07, 6.45) is 3.81. The Morgan fingerprint density at radius 1 is 1.73 bits per heavy atom. The van der Waals surface area contributed by atoms with E-state index in [0.717, 1.165) is 29.5 Å². The van der Waals surface area contributed by atoms with Crippen molar-refractivity contribution >= 4 is 27.7 Å². The second kappa shape index (κ2) is 6.53. The van der Waals surface area contributed by atoms with Gasteiger partial charge in [-0.2, -0.15) is 0 Å². The van der Waals surface area contributed by atoms with E-state index in [9.17, 15) is 4.21 Å². The molecule has 0 spiro atoms. The van der Waals surface area contributed by atoms with E-state index in [-0.39, 0.29) is 0 Å². The zero-order chi connectivity index (χ0) is 11.3. The number of nitrogens with one attached hydrogen (secondary N) is 1. The molecule has 1 heterocycles. The SMILES string of the molecule is CCC1CSC(NC(C)CCS(C)=O)=N1. The van der Waals surface area contributed by atoms with Crippen molar-refractivity contribution in [3.05, 3.63) is 0 Å². The van der Waals surface area contributed by atoms with Gasteiger partial charge in [0.15, 0.2) is 5.17 Å². The van der Waals surface area contributed by atoms with Gasteiger partial charge in [0.25, 0.3) is 0 Å². The maximum Gasteiger partial charge on any atom is 0.157 e. The van der Waals surface area contributed by atoms with E-state index in [1.54, 1.807) is 18.0 Å². The Morgan fingerprint density at radius 2 is 2.47 bits per heavy atom. The topological polar surface area (TPSA) is 41.5 Å². The maximum atomic E-state index is 10.9. The largest absolute Gasteiger partial charge is 0.362 e. The third-order valence-corrected chi connectivity index (χ3v) is 4.25. The van der Waals surface area contributed by atoms with E-state index < -0.39 is 10.8 Å². The highest BCUT2D eigenvalue weighted by Gasteiger charge is 2.17. The van der Waals surface area contributed by atoms with Crippen LogP contribution in [0.2, 0.25) is 0 Å². The molecule has 0 aromatic rings. The summed E-state index contributed by atoms with van der Waals surface area (Å²) in [7, 11) is -0.685. The Balaban J connectivity index is 2.26. The summed E-state index contributed by atoms with van der Waals surface area (Å²) in [4.78, 5) is 4.57. The predicted molar refractivity (Wildman–Crippen MR) is 70.1 cm³/mol. The molecule has 0 fully saturated rings. The fraction of sp³-hybridized carbons (Fsp3) is 0.900. The first-order valence-electron chi connectivity index (χ1n) is 5.39. The number of amidine groups is 1. The Morgan fingerprint density at radius 3 is 3.00 bits per heavy atom. The monoisotopic (exact) mass is 248 g/mol. The van der Waals surface area contributed by atoms with Crippen molar-refractivity contribution in [1.82, 2.24) is 5.32 Å². The van der Waals surface area contributed by atoms with Gasteiger partial charge in [-0.15, -0.1) is 0 Å².